The number of aromatic nitrogens is 2. The van der Waals surface area contributed by atoms with E-state index in [0.717, 1.165) is 44.9 Å². The number of aryl methyl sites for hydroxylation is 2. The summed E-state index contributed by atoms with van der Waals surface area (Å²) in [5.74, 6) is 1.11. The van der Waals surface area contributed by atoms with Gasteiger partial charge in [-0.25, -0.2) is 0 Å². The zero-order chi connectivity index (χ0) is 16.1. The molecule has 0 aliphatic carbocycles. The third kappa shape index (κ3) is 4.45. The first-order valence-corrected chi connectivity index (χ1v) is 8.21. The van der Waals surface area contributed by atoms with Crippen molar-refractivity contribution in [2.24, 2.45) is 7.05 Å². The monoisotopic (exact) mass is 316 g/mol. The molecule has 0 radical (unpaired) electrons. The van der Waals surface area contributed by atoms with Crippen LogP contribution in [-0.2, 0) is 24.8 Å². The summed E-state index contributed by atoms with van der Waals surface area (Å²) >= 11 is 0. The standard InChI is InChI=1S/C17H24N4O2/c1-19-13-15(12-18-19)14-20-7-3-8-21(10-9-20)17(22)6-5-16-4-2-11-23-16/h2,4,11-13H,3,5-10,14H2,1H3. The van der Waals surface area contributed by atoms with E-state index in [1.807, 2.05) is 35.0 Å². The van der Waals surface area contributed by atoms with Crippen molar-refractivity contribution in [3.8, 4) is 0 Å². The molecular formula is C17H24N4O2. The number of hydrogen-bond acceptors (Lipinski definition) is 4. The Labute approximate surface area is 136 Å². The van der Waals surface area contributed by atoms with Crippen molar-refractivity contribution >= 4 is 5.91 Å². The molecule has 0 atom stereocenters. The maximum Gasteiger partial charge on any atom is 0.223 e. The Morgan fingerprint density at radius 3 is 2.96 bits per heavy atom. The second-order valence-corrected chi connectivity index (χ2v) is 6.11. The summed E-state index contributed by atoms with van der Waals surface area (Å²) in [4.78, 5) is 16.8. The van der Waals surface area contributed by atoms with Crippen molar-refractivity contribution in [2.75, 3.05) is 26.2 Å². The highest BCUT2D eigenvalue weighted by molar-refractivity contribution is 5.76. The van der Waals surface area contributed by atoms with Gasteiger partial charge in [-0.2, -0.15) is 5.10 Å². The van der Waals surface area contributed by atoms with Crippen molar-refractivity contribution in [3.05, 3.63) is 42.1 Å². The van der Waals surface area contributed by atoms with Gasteiger partial charge < -0.3 is 9.32 Å². The lowest BCUT2D eigenvalue weighted by atomic mass is 10.2. The summed E-state index contributed by atoms with van der Waals surface area (Å²) in [6.07, 6.45) is 7.85. The van der Waals surface area contributed by atoms with E-state index in [0.29, 0.717) is 12.8 Å². The molecule has 0 unspecified atom stereocenters. The summed E-state index contributed by atoms with van der Waals surface area (Å²) in [6, 6.07) is 3.79. The van der Waals surface area contributed by atoms with Crippen LogP contribution < -0.4 is 0 Å². The Morgan fingerprint density at radius 2 is 2.22 bits per heavy atom. The van der Waals surface area contributed by atoms with Crippen molar-refractivity contribution in [1.82, 2.24) is 19.6 Å². The van der Waals surface area contributed by atoms with Gasteiger partial charge in [0.15, 0.2) is 0 Å². The Kier molecular flexibility index (Phi) is 5.12. The number of carbonyl (C=O) groups is 1. The molecule has 124 valence electrons. The second-order valence-electron chi connectivity index (χ2n) is 6.11. The maximum atomic E-state index is 12.4. The molecule has 2 aromatic heterocycles. The molecule has 1 aliphatic rings. The third-order valence-electron chi connectivity index (χ3n) is 4.27. The fourth-order valence-corrected chi connectivity index (χ4v) is 3.03. The minimum Gasteiger partial charge on any atom is -0.469 e. The van der Waals surface area contributed by atoms with Crippen LogP contribution in [-0.4, -0.2) is 51.7 Å². The van der Waals surface area contributed by atoms with E-state index in [9.17, 15) is 4.79 Å². The summed E-state index contributed by atoms with van der Waals surface area (Å²) in [6.45, 7) is 4.50. The summed E-state index contributed by atoms with van der Waals surface area (Å²) in [5, 5.41) is 4.21. The SMILES string of the molecule is Cn1cc(CN2CCCN(C(=O)CCc3ccco3)CC2)cn1. The van der Waals surface area contributed by atoms with Gasteiger partial charge in [0.05, 0.1) is 12.5 Å². The predicted octanol–water partition coefficient (Wildman–Crippen LogP) is 1.68. The van der Waals surface area contributed by atoms with Crippen molar-refractivity contribution in [2.45, 2.75) is 25.8 Å². The van der Waals surface area contributed by atoms with E-state index in [-0.39, 0.29) is 5.91 Å². The van der Waals surface area contributed by atoms with Crippen molar-refractivity contribution < 1.29 is 9.21 Å². The minimum absolute atomic E-state index is 0.227. The molecule has 3 heterocycles. The molecule has 0 bridgehead atoms. The van der Waals surface area contributed by atoms with Crippen LogP contribution in [0.2, 0.25) is 0 Å². The number of amides is 1. The minimum atomic E-state index is 0.227. The molecular weight excluding hydrogens is 292 g/mol. The lowest BCUT2D eigenvalue weighted by Crippen LogP contribution is -2.35. The first kappa shape index (κ1) is 15.8. The smallest absolute Gasteiger partial charge is 0.223 e. The number of hydrogen-bond donors (Lipinski definition) is 0. The van der Waals surface area contributed by atoms with E-state index < -0.39 is 0 Å². The predicted molar refractivity (Wildman–Crippen MR) is 86.7 cm³/mol. The highest BCUT2D eigenvalue weighted by atomic mass is 16.3. The highest BCUT2D eigenvalue weighted by Crippen LogP contribution is 2.11. The van der Waals surface area contributed by atoms with E-state index in [1.165, 1.54) is 5.56 Å². The molecule has 2 aromatic rings. The lowest BCUT2D eigenvalue weighted by Gasteiger charge is -2.21. The molecule has 0 N–H and O–H groups in total. The first-order valence-electron chi connectivity index (χ1n) is 8.21. The van der Waals surface area contributed by atoms with Gasteiger partial charge in [0.25, 0.3) is 0 Å². The van der Waals surface area contributed by atoms with Crippen LogP contribution >= 0.6 is 0 Å². The lowest BCUT2D eigenvalue weighted by molar-refractivity contribution is -0.131. The maximum absolute atomic E-state index is 12.4. The average molecular weight is 316 g/mol. The van der Waals surface area contributed by atoms with Gasteiger partial charge in [-0.15, -0.1) is 0 Å². The Balaban J connectivity index is 1.46. The molecule has 1 aliphatic heterocycles. The van der Waals surface area contributed by atoms with Gasteiger partial charge >= 0.3 is 0 Å². The zero-order valence-electron chi connectivity index (χ0n) is 13.6. The fourth-order valence-electron chi connectivity index (χ4n) is 3.03. The van der Waals surface area contributed by atoms with Crippen molar-refractivity contribution in [1.29, 1.82) is 0 Å². The van der Waals surface area contributed by atoms with Crippen LogP contribution in [0.15, 0.2) is 35.2 Å². The normalized spacial score (nSPS) is 16.5. The highest BCUT2D eigenvalue weighted by Gasteiger charge is 2.19. The van der Waals surface area contributed by atoms with Crippen LogP contribution in [0.5, 0.6) is 0 Å². The topological polar surface area (TPSA) is 54.5 Å². The fraction of sp³-hybridized carbons (Fsp3) is 0.529. The van der Waals surface area contributed by atoms with Gasteiger partial charge in [-0.05, 0) is 18.6 Å². The van der Waals surface area contributed by atoms with Gasteiger partial charge in [0.1, 0.15) is 5.76 Å². The molecule has 1 fully saturated rings. The molecule has 3 rings (SSSR count). The number of rotatable bonds is 5. The molecule has 0 aromatic carbocycles. The van der Waals surface area contributed by atoms with Crippen LogP contribution in [0, 0.1) is 0 Å². The van der Waals surface area contributed by atoms with E-state index in [4.69, 9.17) is 4.42 Å². The van der Waals surface area contributed by atoms with Crippen LogP contribution in [0.1, 0.15) is 24.2 Å². The molecule has 6 nitrogen and oxygen atoms in total. The average Bonchev–Trinajstić information content (AvgIpc) is 3.13. The van der Waals surface area contributed by atoms with Crippen molar-refractivity contribution in [3.63, 3.8) is 0 Å². The van der Waals surface area contributed by atoms with E-state index in [1.54, 1.807) is 6.26 Å². The van der Waals surface area contributed by atoms with Crippen LogP contribution in [0.4, 0.5) is 0 Å². The second kappa shape index (κ2) is 7.46. The van der Waals surface area contributed by atoms with E-state index in [2.05, 4.69) is 16.2 Å². The molecule has 1 saturated heterocycles. The first-order chi connectivity index (χ1) is 11.2. The summed E-state index contributed by atoms with van der Waals surface area (Å²) < 4.78 is 7.13. The van der Waals surface area contributed by atoms with Gasteiger partial charge in [-0.1, -0.05) is 0 Å². The number of furan rings is 1. The summed E-state index contributed by atoms with van der Waals surface area (Å²) in [5.41, 5.74) is 1.23. The van der Waals surface area contributed by atoms with Gasteiger partial charge in [0, 0.05) is 64.4 Å². The van der Waals surface area contributed by atoms with Crippen LogP contribution in [0.25, 0.3) is 0 Å². The summed E-state index contributed by atoms with van der Waals surface area (Å²) in [7, 11) is 1.94. The largest absolute Gasteiger partial charge is 0.469 e. The Hall–Kier alpha value is -2.08. The number of nitrogens with zero attached hydrogens (tertiary/aromatic N) is 4. The molecule has 0 spiro atoms. The van der Waals surface area contributed by atoms with E-state index >= 15 is 0 Å². The van der Waals surface area contributed by atoms with Gasteiger partial charge in [0.2, 0.25) is 5.91 Å². The quantitative estimate of drug-likeness (QED) is 0.842. The Morgan fingerprint density at radius 1 is 1.30 bits per heavy atom. The van der Waals surface area contributed by atoms with Crippen LogP contribution in [0.3, 0.4) is 0 Å². The molecule has 1 amide bonds. The molecule has 23 heavy (non-hydrogen) atoms. The third-order valence-corrected chi connectivity index (χ3v) is 4.27. The van der Waals surface area contributed by atoms with Gasteiger partial charge in [-0.3, -0.25) is 14.4 Å². The molecule has 0 saturated carbocycles. The number of carbonyl (C=O) groups excluding carboxylic acids is 1. The molecule has 6 heteroatoms. The zero-order valence-corrected chi connectivity index (χ0v) is 13.6. The Bertz CT molecular complexity index is 620.